The van der Waals surface area contributed by atoms with Crippen LogP contribution < -0.4 is 4.90 Å². The Morgan fingerprint density at radius 2 is 1.55 bits per heavy atom. The molecule has 4 heteroatoms. The Balaban J connectivity index is 1.78. The summed E-state index contributed by atoms with van der Waals surface area (Å²) in [7, 11) is 1.51. The van der Waals surface area contributed by atoms with Gasteiger partial charge in [-0.2, -0.15) is 0 Å². The summed E-state index contributed by atoms with van der Waals surface area (Å²) in [5.41, 5.74) is 5.82. The van der Waals surface area contributed by atoms with Crippen LogP contribution in [0, 0.1) is 0 Å². The number of amides is 2. The minimum absolute atomic E-state index is 0.252. The van der Waals surface area contributed by atoms with E-state index in [-0.39, 0.29) is 11.8 Å². The molecule has 1 aliphatic heterocycles. The Morgan fingerprint density at radius 1 is 0.897 bits per heavy atom. The second-order valence-electron chi connectivity index (χ2n) is 7.01. The summed E-state index contributed by atoms with van der Waals surface area (Å²) in [6.07, 6.45) is 0. The Labute approximate surface area is 170 Å². The van der Waals surface area contributed by atoms with Crippen molar-refractivity contribution in [3.63, 3.8) is 0 Å². The maximum atomic E-state index is 12.4. The standard InChI is InChI=1S/C25H22N2O2/c1-4-27(19-14-15-21-22(16-19)25(29)26(3)24(21)28)23-13-9-8-12-20(23)17(2)18-10-6-5-7-11-18/h5-16H,2,4H2,1,3H3. The van der Waals surface area contributed by atoms with E-state index >= 15 is 0 Å². The van der Waals surface area contributed by atoms with Gasteiger partial charge in [-0.05, 0) is 42.3 Å². The van der Waals surface area contributed by atoms with Crippen LogP contribution in [0.2, 0.25) is 0 Å². The Kier molecular flexibility index (Phi) is 4.77. The molecule has 1 heterocycles. The van der Waals surface area contributed by atoms with Crippen LogP contribution in [-0.4, -0.2) is 30.3 Å². The number of anilines is 2. The van der Waals surface area contributed by atoms with Gasteiger partial charge in [0.2, 0.25) is 0 Å². The molecule has 0 aliphatic carbocycles. The first kappa shape index (κ1) is 18.7. The van der Waals surface area contributed by atoms with Crippen LogP contribution in [0.1, 0.15) is 38.8 Å². The fourth-order valence-corrected chi connectivity index (χ4v) is 3.77. The minimum atomic E-state index is -0.259. The first-order valence-electron chi connectivity index (χ1n) is 9.60. The summed E-state index contributed by atoms with van der Waals surface area (Å²) in [4.78, 5) is 27.9. The lowest BCUT2D eigenvalue weighted by molar-refractivity contribution is 0.0693. The molecular weight excluding hydrogens is 360 g/mol. The van der Waals surface area contributed by atoms with E-state index < -0.39 is 0 Å². The zero-order chi connectivity index (χ0) is 20.5. The number of fused-ring (bicyclic) bond motifs is 1. The van der Waals surface area contributed by atoms with Crippen molar-refractivity contribution in [2.75, 3.05) is 18.5 Å². The molecule has 0 saturated carbocycles. The van der Waals surface area contributed by atoms with Crippen LogP contribution in [0.4, 0.5) is 11.4 Å². The highest BCUT2D eigenvalue weighted by atomic mass is 16.2. The molecule has 1 aliphatic rings. The summed E-state index contributed by atoms with van der Waals surface area (Å²) in [6, 6.07) is 23.6. The molecule has 0 radical (unpaired) electrons. The molecule has 0 fully saturated rings. The van der Waals surface area contributed by atoms with Crippen molar-refractivity contribution in [3.05, 3.63) is 102 Å². The van der Waals surface area contributed by atoms with Crippen LogP contribution >= 0.6 is 0 Å². The van der Waals surface area contributed by atoms with Gasteiger partial charge in [-0.25, -0.2) is 0 Å². The fourth-order valence-electron chi connectivity index (χ4n) is 3.77. The average molecular weight is 382 g/mol. The summed E-state index contributed by atoms with van der Waals surface area (Å²) >= 11 is 0. The number of carbonyl (C=O) groups is 2. The van der Waals surface area contributed by atoms with E-state index in [1.54, 1.807) is 6.07 Å². The highest BCUT2D eigenvalue weighted by Crippen LogP contribution is 2.36. The number of nitrogens with zero attached hydrogens (tertiary/aromatic N) is 2. The van der Waals surface area contributed by atoms with Gasteiger partial charge in [0, 0.05) is 30.5 Å². The highest BCUT2D eigenvalue weighted by Gasteiger charge is 2.33. The Morgan fingerprint density at radius 3 is 2.28 bits per heavy atom. The highest BCUT2D eigenvalue weighted by molar-refractivity contribution is 6.21. The first-order valence-corrected chi connectivity index (χ1v) is 9.60. The van der Waals surface area contributed by atoms with Gasteiger partial charge in [0.15, 0.2) is 0 Å². The summed E-state index contributed by atoms with van der Waals surface area (Å²) in [5.74, 6) is -0.512. The average Bonchev–Trinajstić information content (AvgIpc) is 2.98. The second-order valence-corrected chi connectivity index (χ2v) is 7.01. The zero-order valence-corrected chi connectivity index (χ0v) is 16.6. The number of benzene rings is 3. The molecule has 2 amide bonds. The molecule has 4 rings (SSSR count). The quantitative estimate of drug-likeness (QED) is 0.574. The molecule has 29 heavy (non-hydrogen) atoms. The van der Waals surface area contributed by atoms with E-state index in [4.69, 9.17) is 0 Å². The van der Waals surface area contributed by atoms with Crippen molar-refractivity contribution in [1.29, 1.82) is 0 Å². The Bertz CT molecular complexity index is 1120. The van der Waals surface area contributed by atoms with Crippen LogP contribution in [0.25, 0.3) is 5.57 Å². The normalized spacial score (nSPS) is 12.8. The van der Waals surface area contributed by atoms with Crippen LogP contribution in [0.5, 0.6) is 0 Å². The molecule has 144 valence electrons. The number of rotatable bonds is 5. The van der Waals surface area contributed by atoms with Crippen molar-refractivity contribution >= 4 is 28.8 Å². The molecule has 3 aromatic rings. The maximum absolute atomic E-state index is 12.4. The lowest BCUT2D eigenvalue weighted by atomic mass is 9.97. The van der Waals surface area contributed by atoms with Gasteiger partial charge >= 0.3 is 0 Å². The molecule has 0 bridgehead atoms. The lowest BCUT2D eigenvalue weighted by Gasteiger charge is -2.27. The van der Waals surface area contributed by atoms with Crippen molar-refractivity contribution in [2.45, 2.75) is 6.92 Å². The van der Waals surface area contributed by atoms with E-state index in [1.807, 2.05) is 54.6 Å². The first-order chi connectivity index (χ1) is 14.0. The lowest BCUT2D eigenvalue weighted by Crippen LogP contribution is -2.24. The molecule has 4 nitrogen and oxygen atoms in total. The molecule has 0 unspecified atom stereocenters. The molecular formula is C25H22N2O2. The van der Waals surface area contributed by atoms with Gasteiger partial charge in [-0.15, -0.1) is 0 Å². The van der Waals surface area contributed by atoms with Crippen LogP contribution in [0.15, 0.2) is 79.4 Å². The Hall–Kier alpha value is -3.66. The van der Waals surface area contributed by atoms with Crippen molar-refractivity contribution < 1.29 is 9.59 Å². The number of hydrogen-bond donors (Lipinski definition) is 0. The third-order valence-electron chi connectivity index (χ3n) is 5.34. The largest absolute Gasteiger partial charge is 0.341 e. The molecule has 0 N–H and O–H groups in total. The van der Waals surface area contributed by atoms with Gasteiger partial charge in [0.1, 0.15) is 0 Å². The van der Waals surface area contributed by atoms with E-state index in [9.17, 15) is 9.59 Å². The number of hydrogen-bond acceptors (Lipinski definition) is 3. The van der Waals surface area contributed by atoms with Gasteiger partial charge in [0.25, 0.3) is 11.8 Å². The predicted octanol–water partition coefficient (Wildman–Crippen LogP) is 5.13. The maximum Gasteiger partial charge on any atom is 0.261 e. The number of carbonyl (C=O) groups excluding carboxylic acids is 2. The molecule has 0 saturated heterocycles. The summed E-state index contributed by atoms with van der Waals surface area (Å²) in [6.45, 7) is 7.09. The molecule has 3 aromatic carbocycles. The molecule has 0 aromatic heterocycles. The van der Waals surface area contributed by atoms with E-state index in [0.29, 0.717) is 17.7 Å². The zero-order valence-electron chi connectivity index (χ0n) is 16.6. The van der Waals surface area contributed by atoms with Crippen molar-refractivity contribution in [3.8, 4) is 0 Å². The van der Waals surface area contributed by atoms with Gasteiger partial charge in [0.05, 0.1) is 11.1 Å². The summed E-state index contributed by atoms with van der Waals surface area (Å²) in [5, 5.41) is 0. The fraction of sp³-hybridized carbons (Fsp3) is 0.120. The van der Waals surface area contributed by atoms with E-state index in [1.165, 1.54) is 7.05 Å². The molecule has 0 atom stereocenters. The SMILES string of the molecule is C=C(c1ccccc1)c1ccccc1N(CC)c1ccc2c(c1)C(=O)N(C)C2=O. The van der Waals surface area contributed by atoms with Gasteiger partial charge in [-0.1, -0.05) is 55.1 Å². The molecule has 0 spiro atoms. The van der Waals surface area contributed by atoms with Gasteiger partial charge in [-0.3, -0.25) is 14.5 Å². The van der Waals surface area contributed by atoms with Crippen molar-refractivity contribution in [2.24, 2.45) is 0 Å². The number of para-hydroxylation sites is 1. The topological polar surface area (TPSA) is 40.6 Å². The third kappa shape index (κ3) is 3.13. The minimum Gasteiger partial charge on any atom is -0.341 e. The monoisotopic (exact) mass is 382 g/mol. The third-order valence-corrected chi connectivity index (χ3v) is 5.34. The van der Waals surface area contributed by atoms with Crippen molar-refractivity contribution in [1.82, 2.24) is 4.90 Å². The predicted molar refractivity (Wildman–Crippen MR) is 117 cm³/mol. The van der Waals surface area contributed by atoms with E-state index in [2.05, 4.69) is 30.5 Å². The van der Waals surface area contributed by atoms with E-state index in [0.717, 1.165) is 33.0 Å². The smallest absolute Gasteiger partial charge is 0.261 e. The number of imide groups is 1. The van der Waals surface area contributed by atoms with Crippen LogP contribution in [-0.2, 0) is 0 Å². The van der Waals surface area contributed by atoms with Gasteiger partial charge < -0.3 is 4.90 Å². The van der Waals surface area contributed by atoms with Crippen LogP contribution in [0.3, 0.4) is 0 Å². The summed E-state index contributed by atoms with van der Waals surface area (Å²) < 4.78 is 0. The second kappa shape index (κ2) is 7.40.